The van der Waals surface area contributed by atoms with Gasteiger partial charge >= 0.3 is 6.18 Å². The van der Waals surface area contributed by atoms with E-state index in [1.54, 1.807) is 25.1 Å². The fourth-order valence-corrected chi connectivity index (χ4v) is 1.47. The number of nitrogens with two attached hydrogens (primary N) is 1. The van der Waals surface area contributed by atoms with Crippen LogP contribution in [0.25, 0.3) is 0 Å². The number of ether oxygens (including phenoxy) is 2. The molecule has 0 heterocycles. The third kappa shape index (κ3) is 4.54. The molecule has 0 spiro atoms. The zero-order valence-electron chi connectivity index (χ0n) is 10.3. The van der Waals surface area contributed by atoms with Gasteiger partial charge in [0.1, 0.15) is 12.4 Å². The molecule has 0 saturated carbocycles. The Morgan fingerprint density at radius 3 is 2.50 bits per heavy atom. The lowest BCUT2D eigenvalue weighted by Gasteiger charge is -2.13. The number of benzene rings is 1. The topological polar surface area (TPSA) is 44.5 Å². The summed E-state index contributed by atoms with van der Waals surface area (Å²) in [4.78, 5) is 0. The molecule has 1 atom stereocenters. The van der Waals surface area contributed by atoms with Crippen LogP contribution in [0.1, 0.15) is 24.1 Å². The standard InChI is InChI=1S/C12H16F3NO2/c1-8(16)9-3-4-11(17-2)10(5-9)6-18-7-12(13,14)15/h3-5,8H,6-7,16H2,1-2H3. The largest absolute Gasteiger partial charge is 0.496 e. The van der Waals surface area contributed by atoms with Crippen LogP contribution in [0.3, 0.4) is 0 Å². The summed E-state index contributed by atoms with van der Waals surface area (Å²) in [6, 6.07) is 4.94. The Bertz CT molecular complexity index is 391. The van der Waals surface area contributed by atoms with Gasteiger partial charge < -0.3 is 15.2 Å². The molecule has 0 aliphatic carbocycles. The van der Waals surface area contributed by atoms with E-state index < -0.39 is 12.8 Å². The summed E-state index contributed by atoms with van der Waals surface area (Å²) in [7, 11) is 1.45. The maximum absolute atomic E-state index is 12.0. The number of methoxy groups -OCH3 is 1. The van der Waals surface area contributed by atoms with Crippen molar-refractivity contribution < 1.29 is 22.6 Å². The summed E-state index contributed by atoms with van der Waals surface area (Å²) < 4.78 is 45.6. The smallest absolute Gasteiger partial charge is 0.411 e. The van der Waals surface area contributed by atoms with Crippen molar-refractivity contribution in [3.63, 3.8) is 0 Å². The Morgan fingerprint density at radius 1 is 1.33 bits per heavy atom. The molecule has 1 unspecified atom stereocenters. The van der Waals surface area contributed by atoms with Gasteiger partial charge in [-0.3, -0.25) is 0 Å². The molecule has 0 fully saturated rings. The van der Waals surface area contributed by atoms with Crippen molar-refractivity contribution in [3.8, 4) is 5.75 Å². The molecule has 0 aromatic heterocycles. The second kappa shape index (κ2) is 6.06. The first-order valence-corrected chi connectivity index (χ1v) is 5.40. The first-order valence-electron chi connectivity index (χ1n) is 5.40. The van der Waals surface area contributed by atoms with Crippen molar-refractivity contribution in [3.05, 3.63) is 29.3 Å². The molecule has 0 radical (unpaired) electrons. The average molecular weight is 263 g/mol. The van der Waals surface area contributed by atoms with Crippen LogP contribution >= 0.6 is 0 Å². The van der Waals surface area contributed by atoms with E-state index in [1.807, 2.05) is 0 Å². The molecule has 0 aliphatic rings. The molecular formula is C12H16F3NO2. The molecule has 0 amide bonds. The lowest BCUT2D eigenvalue weighted by atomic mass is 10.1. The second-order valence-electron chi connectivity index (χ2n) is 3.97. The second-order valence-corrected chi connectivity index (χ2v) is 3.97. The molecule has 1 aromatic carbocycles. The van der Waals surface area contributed by atoms with Crippen molar-refractivity contribution in [1.29, 1.82) is 0 Å². The molecule has 102 valence electrons. The number of hydrogen-bond acceptors (Lipinski definition) is 3. The van der Waals surface area contributed by atoms with E-state index in [1.165, 1.54) is 7.11 Å². The van der Waals surface area contributed by atoms with Crippen molar-refractivity contribution in [2.75, 3.05) is 13.7 Å². The Kier molecular flexibility index (Phi) is 4.98. The summed E-state index contributed by atoms with van der Waals surface area (Å²) in [6.45, 7) is 0.351. The van der Waals surface area contributed by atoms with E-state index in [9.17, 15) is 13.2 Å². The summed E-state index contributed by atoms with van der Waals surface area (Å²) in [5.74, 6) is 0.488. The highest BCUT2D eigenvalue weighted by Crippen LogP contribution is 2.24. The van der Waals surface area contributed by atoms with Crippen molar-refractivity contribution in [1.82, 2.24) is 0 Å². The lowest BCUT2D eigenvalue weighted by Crippen LogP contribution is -2.17. The number of hydrogen-bond donors (Lipinski definition) is 1. The van der Waals surface area contributed by atoms with Crippen molar-refractivity contribution in [2.24, 2.45) is 5.73 Å². The third-order valence-electron chi connectivity index (χ3n) is 2.35. The van der Waals surface area contributed by atoms with Crippen LogP contribution in [0, 0.1) is 0 Å². The number of alkyl halides is 3. The van der Waals surface area contributed by atoms with Crippen LogP contribution < -0.4 is 10.5 Å². The minimum absolute atomic E-state index is 0.163. The number of rotatable bonds is 5. The van der Waals surface area contributed by atoms with Crippen LogP contribution in [0.15, 0.2) is 18.2 Å². The zero-order valence-corrected chi connectivity index (χ0v) is 10.3. The summed E-state index contributed by atoms with van der Waals surface area (Å²) in [5, 5.41) is 0. The minimum atomic E-state index is -4.33. The van der Waals surface area contributed by atoms with E-state index in [0.29, 0.717) is 11.3 Å². The summed E-state index contributed by atoms with van der Waals surface area (Å²) in [5.41, 5.74) is 7.08. The van der Waals surface area contributed by atoms with E-state index in [4.69, 9.17) is 10.5 Å². The van der Waals surface area contributed by atoms with Gasteiger partial charge in [0, 0.05) is 11.6 Å². The van der Waals surface area contributed by atoms with Gasteiger partial charge in [0.15, 0.2) is 0 Å². The fraction of sp³-hybridized carbons (Fsp3) is 0.500. The molecule has 0 aliphatic heterocycles. The highest BCUT2D eigenvalue weighted by Gasteiger charge is 2.27. The normalized spacial score (nSPS) is 13.4. The molecule has 18 heavy (non-hydrogen) atoms. The first-order chi connectivity index (χ1) is 8.33. The average Bonchev–Trinajstić information content (AvgIpc) is 2.27. The maximum atomic E-state index is 12.0. The fourth-order valence-electron chi connectivity index (χ4n) is 1.47. The Labute approximate surface area is 104 Å². The minimum Gasteiger partial charge on any atom is -0.496 e. The van der Waals surface area contributed by atoms with Crippen molar-refractivity contribution >= 4 is 0 Å². The van der Waals surface area contributed by atoms with Crippen LogP contribution in [0.4, 0.5) is 13.2 Å². The van der Waals surface area contributed by atoms with Gasteiger partial charge in [-0.25, -0.2) is 0 Å². The molecule has 2 N–H and O–H groups in total. The van der Waals surface area contributed by atoms with Gasteiger partial charge in [-0.05, 0) is 24.6 Å². The van der Waals surface area contributed by atoms with Gasteiger partial charge in [-0.1, -0.05) is 6.07 Å². The van der Waals surface area contributed by atoms with E-state index in [-0.39, 0.29) is 12.6 Å². The van der Waals surface area contributed by atoms with Gasteiger partial charge in [0.05, 0.1) is 13.7 Å². The molecule has 6 heteroatoms. The molecular weight excluding hydrogens is 247 g/mol. The lowest BCUT2D eigenvalue weighted by molar-refractivity contribution is -0.176. The van der Waals surface area contributed by atoms with Crippen LogP contribution in [-0.2, 0) is 11.3 Å². The van der Waals surface area contributed by atoms with Gasteiger partial charge in [0.25, 0.3) is 0 Å². The summed E-state index contributed by atoms with van der Waals surface area (Å²) >= 11 is 0. The molecule has 1 aromatic rings. The summed E-state index contributed by atoms with van der Waals surface area (Å²) in [6.07, 6.45) is -4.33. The van der Waals surface area contributed by atoms with Crippen molar-refractivity contribution in [2.45, 2.75) is 25.7 Å². The Morgan fingerprint density at radius 2 is 2.00 bits per heavy atom. The van der Waals surface area contributed by atoms with Gasteiger partial charge in [-0.15, -0.1) is 0 Å². The van der Waals surface area contributed by atoms with Crippen LogP contribution in [-0.4, -0.2) is 19.9 Å². The maximum Gasteiger partial charge on any atom is 0.411 e. The monoisotopic (exact) mass is 263 g/mol. The van der Waals surface area contributed by atoms with Crippen LogP contribution in [0.5, 0.6) is 5.75 Å². The Hall–Kier alpha value is -1.27. The predicted molar refractivity (Wildman–Crippen MR) is 61.3 cm³/mol. The van der Waals surface area contributed by atoms with Gasteiger partial charge in [-0.2, -0.15) is 13.2 Å². The highest BCUT2D eigenvalue weighted by molar-refractivity contribution is 5.37. The third-order valence-corrected chi connectivity index (χ3v) is 2.35. The van der Waals surface area contributed by atoms with E-state index in [0.717, 1.165) is 5.56 Å². The number of halogens is 3. The van der Waals surface area contributed by atoms with E-state index >= 15 is 0 Å². The molecule has 0 saturated heterocycles. The SMILES string of the molecule is COc1ccc(C(C)N)cc1COCC(F)(F)F. The molecule has 1 rings (SSSR count). The Balaban J connectivity index is 2.75. The predicted octanol–water partition coefficient (Wildman–Crippen LogP) is 2.79. The molecule has 3 nitrogen and oxygen atoms in total. The highest BCUT2D eigenvalue weighted by atomic mass is 19.4. The quantitative estimate of drug-likeness (QED) is 0.888. The van der Waals surface area contributed by atoms with Gasteiger partial charge in [0.2, 0.25) is 0 Å². The molecule has 0 bridgehead atoms. The zero-order chi connectivity index (χ0) is 13.8. The van der Waals surface area contributed by atoms with E-state index in [2.05, 4.69) is 4.74 Å². The first kappa shape index (κ1) is 14.8. The van der Waals surface area contributed by atoms with Crippen LogP contribution in [0.2, 0.25) is 0 Å².